The summed E-state index contributed by atoms with van der Waals surface area (Å²) in [5, 5.41) is 4.16. The van der Waals surface area contributed by atoms with Crippen molar-refractivity contribution in [2.75, 3.05) is 11.4 Å². The Labute approximate surface area is 184 Å². The molecule has 2 atom stereocenters. The summed E-state index contributed by atoms with van der Waals surface area (Å²) >= 11 is 12.3. The normalized spacial score (nSPS) is 17.2. The maximum Gasteiger partial charge on any atom is 0.227 e. The molecular weight excluding hydrogens is 423 g/mol. The summed E-state index contributed by atoms with van der Waals surface area (Å²) in [6.45, 7) is 0.280. The molecule has 1 N–H and O–H groups in total. The van der Waals surface area contributed by atoms with Crippen molar-refractivity contribution in [1.29, 1.82) is 0 Å². The first kappa shape index (κ1) is 20.4. The molecule has 6 nitrogen and oxygen atoms in total. The number of carbonyl (C=O) groups excluding carboxylic acids is 2. The molecule has 3 aromatic rings. The number of aromatic nitrogens is 2. The number of hydrogen-bond acceptors (Lipinski definition) is 3. The van der Waals surface area contributed by atoms with Crippen LogP contribution in [0.5, 0.6) is 0 Å². The topological polar surface area (TPSA) is 67.2 Å². The Morgan fingerprint density at radius 2 is 1.90 bits per heavy atom. The van der Waals surface area contributed by atoms with Crippen molar-refractivity contribution in [1.82, 2.24) is 14.9 Å². The monoisotopic (exact) mass is 442 g/mol. The first-order chi connectivity index (χ1) is 14.4. The van der Waals surface area contributed by atoms with Gasteiger partial charge in [-0.3, -0.25) is 9.59 Å². The van der Waals surface area contributed by atoms with Crippen LogP contribution in [0.25, 0.3) is 0 Å². The molecule has 1 aliphatic heterocycles. The largest absolute Gasteiger partial charge is 0.342 e. The number of nitrogens with one attached hydrogen (secondary N) is 1. The molecule has 0 unspecified atom stereocenters. The van der Waals surface area contributed by atoms with Crippen LogP contribution in [0.3, 0.4) is 0 Å². The molecule has 8 heteroatoms. The summed E-state index contributed by atoms with van der Waals surface area (Å²) in [4.78, 5) is 31.7. The lowest BCUT2D eigenvalue weighted by atomic mass is 10.0. The highest BCUT2D eigenvalue weighted by atomic mass is 35.5. The van der Waals surface area contributed by atoms with E-state index in [1.54, 1.807) is 41.4 Å². The molecule has 1 saturated heterocycles. The van der Waals surface area contributed by atoms with Gasteiger partial charge in [-0.25, -0.2) is 4.98 Å². The number of benzene rings is 2. The number of amides is 2. The van der Waals surface area contributed by atoms with E-state index >= 15 is 0 Å². The number of anilines is 1. The highest BCUT2D eigenvalue weighted by Crippen LogP contribution is 2.32. The number of imidazole rings is 1. The van der Waals surface area contributed by atoms with Crippen LogP contribution >= 0.6 is 23.2 Å². The van der Waals surface area contributed by atoms with Crippen molar-refractivity contribution < 1.29 is 9.59 Å². The van der Waals surface area contributed by atoms with Gasteiger partial charge >= 0.3 is 0 Å². The fourth-order valence-electron chi connectivity index (χ4n) is 3.65. The quantitative estimate of drug-likeness (QED) is 0.649. The van der Waals surface area contributed by atoms with Gasteiger partial charge in [0, 0.05) is 37.4 Å². The molecule has 1 fully saturated rings. The van der Waals surface area contributed by atoms with Crippen molar-refractivity contribution in [3.05, 3.63) is 82.4 Å². The maximum atomic E-state index is 13.1. The lowest BCUT2D eigenvalue weighted by Crippen LogP contribution is -2.37. The molecule has 2 amide bonds. The van der Waals surface area contributed by atoms with Crippen LogP contribution in [-0.2, 0) is 16.6 Å². The summed E-state index contributed by atoms with van der Waals surface area (Å²) < 4.78 is 1.86. The molecular formula is C22H20Cl2N4O2. The van der Waals surface area contributed by atoms with Crippen LogP contribution in [0.1, 0.15) is 23.9 Å². The number of rotatable bonds is 5. The first-order valence-electron chi connectivity index (χ1n) is 9.52. The number of aryl methyl sites for hydroxylation is 1. The molecule has 4 rings (SSSR count). The van der Waals surface area contributed by atoms with Crippen molar-refractivity contribution in [3.63, 3.8) is 0 Å². The first-order valence-corrected chi connectivity index (χ1v) is 10.3. The zero-order chi connectivity index (χ0) is 21.3. The van der Waals surface area contributed by atoms with Crippen LogP contribution in [0.15, 0.2) is 60.9 Å². The highest BCUT2D eigenvalue weighted by molar-refractivity contribution is 6.34. The van der Waals surface area contributed by atoms with Crippen LogP contribution in [0.4, 0.5) is 5.69 Å². The highest BCUT2D eigenvalue weighted by Gasteiger charge is 2.37. The average Bonchev–Trinajstić information content (AvgIpc) is 3.33. The standard InChI is InChI=1S/C22H20Cl2N4O2/c1-27-11-10-25-21(27)20(14-6-8-16(23)9-7-14)26-22(30)15-12-19(29)28(13-15)18-5-3-2-4-17(18)24/h2-11,15,20H,12-13H2,1H3,(H,26,30)/t15-,20+/m1/s1. The van der Waals surface area contributed by atoms with Crippen molar-refractivity contribution in [2.24, 2.45) is 13.0 Å². The predicted octanol–water partition coefficient (Wildman–Crippen LogP) is 3.99. The Morgan fingerprint density at radius 1 is 1.17 bits per heavy atom. The van der Waals surface area contributed by atoms with E-state index in [0.717, 1.165) is 5.56 Å². The Bertz CT molecular complexity index is 1080. The second kappa shape index (κ2) is 8.50. The van der Waals surface area contributed by atoms with Gasteiger partial charge in [0.15, 0.2) is 0 Å². The second-order valence-electron chi connectivity index (χ2n) is 7.25. The lowest BCUT2D eigenvalue weighted by Gasteiger charge is -2.22. The smallest absolute Gasteiger partial charge is 0.227 e. The molecule has 0 saturated carbocycles. The summed E-state index contributed by atoms with van der Waals surface area (Å²) in [6.07, 6.45) is 3.64. The van der Waals surface area contributed by atoms with Crippen molar-refractivity contribution in [2.45, 2.75) is 12.5 Å². The van der Waals surface area contributed by atoms with E-state index in [4.69, 9.17) is 23.2 Å². The minimum Gasteiger partial charge on any atom is -0.342 e. The summed E-state index contributed by atoms with van der Waals surface area (Å²) in [5.74, 6) is -0.120. The molecule has 0 spiro atoms. The fraction of sp³-hybridized carbons (Fsp3) is 0.227. The van der Waals surface area contributed by atoms with E-state index in [2.05, 4.69) is 10.3 Å². The van der Waals surface area contributed by atoms with E-state index in [9.17, 15) is 9.59 Å². The van der Waals surface area contributed by atoms with Crippen LogP contribution in [0.2, 0.25) is 10.0 Å². The Morgan fingerprint density at radius 3 is 2.57 bits per heavy atom. The third-order valence-corrected chi connectivity index (χ3v) is 5.82. The van der Waals surface area contributed by atoms with Crippen LogP contribution in [-0.4, -0.2) is 27.9 Å². The minimum absolute atomic E-state index is 0.122. The molecule has 0 radical (unpaired) electrons. The maximum absolute atomic E-state index is 13.1. The SMILES string of the molecule is Cn1ccnc1[C@@H](NC(=O)[C@@H]1CC(=O)N(c2ccccc2Cl)C1)c1ccc(Cl)cc1. The van der Waals surface area contributed by atoms with Gasteiger partial charge in [0.05, 0.1) is 16.6 Å². The van der Waals surface area contributed by atoms with Gasteiger partial charge in [-0.15, -0.1) is 0 Å². The van der Waals surface area contributed by atoms with Gasteiger partial charge < -0.3 is 14.8 Å². The van der Waals surface area contributed by atoms with E-state index in [1.807, 2.05) is 36.0 Å². The van der Waals surface area contributed by atoms with Crippen LogP contribution < -0.4 is 10.2 Å². The van der Waals surface area contributed by atoms with Crippen molar-refractivity contribution >= 4 is 40.7 Å². The van der Waals surface area contributed by atoms with E-state index in [0.29, 0.717) is 21.6 Å². The molecule has 2 aromatic carbocycles. The van der Waals surface area contributed by atoms with Gasteiger partial charge in [0.2, 0.25) is 11.8 Å². The Balaban J connectivity index is 1.56. The van der Waals surface area contributed by atoms with Gasteiger partial charge in [-0.1, -0.05) is 47.5 Å². The second-order valence-corrected chi connectivity index (χ2v) is 8.09. The lowest BCUT2D eigenvalue weighted by molar-refractivity contribution is -0.126. The number of carbonyl (C=O) groups is 2. The minimum atomic E-state index is -0.483. The van der Waals surface area contributed by atoms with Gasteiger partial charge in [-0.2, -0.15) is 0 Å². The number of nitrogens with zero attached hydrogens (tertiary/aromatic N) is 3. The van der Waals surface area contributed by atoms with Crippen molar-refractivity contribution in [3.8, 4) is 0 Å². The molecule has 30 heavy (non-hydrogen) atoms. The van der Waals surface area contributed by atoms with E-state index in [-0.39, 0.29) is 24.8 Å². The third-order valence-electron chi connectivity index (χ3n) is 5.25. The fourth-order valence-corrected chi connectivity index (χ4v) is 4.02. The number of para-hydroxylation sites is 1. The average molecular weight is 443 g/mol. The third kappa shape index (κ3) is 4.06. The summed E-state index contributed by atoms with van der Waals surface area (Å²) in [5.41, 5.74) is 1.48. The molecule has 1 aliphatic rings. The summed E-state index contributed by atoms with van der Waals surface area (Å²) in [6, 6.07) is 13.9. The van der Waals surface area contributed by atoms with Crippen LogP contribution in [0, 0.1) is 5.92 Å². The van der Waals surface area contributed by atoms with E-state index < -0.39 is 12.0 Å². The molecule has 154 valence electrons. The van der Waals surface area contributed by atoms with Gasteiger partial charge in [0.25, 0.3) is 0 Å². The number of hydrogen-bond donors (Lipinski definition) is 1. The predicted molar refractivity (Wildman–Crippen MR) is 117 cm³/mol. The molecule has 0 aliphatic carbocycles. The molecule has 0 bridgehead atoms. The van der Waals surface area contributed by atoms with Gasteiger partial charge in [-0.05, 0) is 29.8 Å². The Kier molecular flexibility index (Phi) is 5.79. The number of halogens is 2. The zero-order valence-corrected chi connectivity index (χ0v) is 17.8. The Hall–Kier alpha value is -2.83. The van der Waals surface area contributed by atoms with E-state index in [1.165, 1.54) is 0 Å². The van der Waals surface area contributed by atoms with Gasteiger partial charge in [0.1, 0.15) is 11.9 Å². The zero-order valence-electron chi connectivity index (χ0n) is 16.3. The molecule has 2 heterocycles. The summed E-state index contributed by atoms with van der Waals surface area (Å²) in [7, 11) is 1.87. The molecule has 1 aromatic heterocycles.